The molecule has 1 atom stereocenters. The molecule has 0 aliphatic rings. The SMILES string of the molecule is CCC(C)(N)C(=O)NCCc1ccccn1. The van der Waals surface area contributed by atoms with Gasteiger partial charge in [0.2, 0.25) is 5.91 Å². The van der Waals surface area contributed by atoms with Crippen molar-refractivity contribution < 1.29 is 4.79 Å². The zero-order chi connectivity index (χ0) is 12.0. The van der Waals surface area contributed by atoms with E-state index in [2.05, 4.69) is 10.3 Å². The number of rotatable bonds is 5. The minimum absolute atomic E-state index is 0.106. The smallest absolute Gasteiger partial charge is 0.239 e. The highest BCUT2D eigenvalue weighted by atomic mass is 16.2. The minimum atomic E-state index is -0.774. The van der Waals surface area contributed by atoms with Crippen LogP contribution in [0.25, 0.3) is 0 Å². The fraction of sp³-hybridized carbons (Fsp3) is 0.500. The molecule has 0 saturated heterocycles. The van der Waals surface area contributed by atoms with Crippen LogP contribution in [0.1, 0.15) is 26.0 Å². The number of amides is 1. The molecule has 0 radical (unpaired) electrons. The summed E-state index contributed by atoms with van der Waals surface area (Å²) in [6, 6.07) is 5.74. The highest BCUT2D eigenvalue weighted by Gasteiger charge is 2.25. The summed E-state index contributed by atoms with van der Waals surface area (Å²) in [4.78, 5) is 15.8. The molecule has 0 fully saturated rings. The van der Waals surface area contributed by atoms with Crippen molar-refractivity contribution in [2.45, 2.75) is 32.2 Å². The number of carbonyl (C=O) groups is 1. The van der Waals surface area contributed by atoms with Crippen LogP contribution in [-0.4, -0.2) is 23.0 Å². The van der Waals surface area contributed by atoms with Crippen molar-refractivity contribution in [3.8, 4) is 0 Å². The molecule has 0 saturated carbocycles. The van der Waals surface area contributed by atoms with E-state index in [-0.39, 0.29) is 5.91 Å². The van der Waals surface area contributed by atoms with Crippen molar-refractivity contribution in [1.29, 1.82) is 0 Å². The van der Waals surface area contributed by atoms with E-state index in [9.17, 15) is 4.79 Å². The van der Waals surface area contributed by atoms with Gasteiger partial charge in [-0.2, -0.15) is 0 Å². The largest absolute Gasteiger partial charge is 0.354 e. The van der Waals surface area contributed by atoms with Crippen LogP contribution in [0.15, 0.2) is 24.4 Å². The molecule has 0 bridgehead atoms. The first-order valence-corrected chi connectivity index (χ1v) is 5.53. The van der Waals surface area contributed by atoms with Gasteiger partial charge in [-0.1, -0.05) is 13.0 Å². The second-order valence-corrected chi connectivity index (χ2v) is 4.10. The Morgan fingerprint density at radius 1 is 1.56 bits per heavy atom. The lowest BCUT2D eigenvalue weighted by molar-refractivity contribution is -0.125. The van der Waals surface area contributed by atoms with Crippen LogP contribution in [0.5, 0.6) is 0 Å². The van der Waals surface area contributed by atoms with Crippen molar-refractivity contribution in [3.63, 3.8) is 0 Å². The number of nitrogens with two attached hydrogens (primary N) is 1. The number of pyridine rings is 1. The summed E-state index contributed by atoms with van der Waals surface area (Å²) in [5, 5.41) is 2.82. The van der Waals surface area contributed by atoms with E-state index in [0.717, 1.165) is 12.1 Å². The fourth-order valence-electron chi connectivity index (χ4n) is 1.21. The van der Waals surface area contributed by atoms with Crippen LogP contribution in [0.4, 0.5) is 0 Å². The summed E-state index contributed by atoms with van der Waals surface area (Å²) >= 11 is 0. The van der Waals surface area contributed by atoms with Crippen LogP contribution in [0.3, 0.4) is 0 Å². The highest BCUT2D eigenvalue weighted by molar-refractivity contribution is 5.85. The maximum atomic E-state index is 11.6. The van der Waals surface area contributed by atoms with Gasteiger partial charge in [-0.05, 0) is 25.5 Å². The second kappa shape index (κ2) is 5.61. The molecule has 16 heavy (non-hydrogen) atoms. The van der Waals surface area contributed by atoms with Gasteiger partial charge in [0.25, 0.3) is 0 Å². The predicted molar refractivity (Wildman–Crippen MR) is 63.8 cm³/mol. The molecule has 4 heteroatoms. The molecule has 1 rings (SSSR count). The van der Waals surface area contributed by atoms with Crippen LogP contribution in [-0.2, 0) is 11.2 Å². The van der Waals surface area contributed by atoms with Crippen molar-refractivity contribution in [1.82, 2.24) is 10.3 Å². The van der Waals surface area contributed by atoms with E-state index in [1.165, 1.54) is 0 Å². The molecule has 1 amide bonds. The fourth-order valence-corrected chi connectivity index (χ4v) is 1.21. The molecule has 3 N–H and O–H groups in total. The first-order chi connectivity index (χ1) is 7.56. The summed E-state index contributed by atoms with van der Waals surface area (Å²) in [7, 11) is 0. The summed E-state index contributed by atoms with van der Waals surface area (Å²) in [6.07, 6.45) is 3.10. The molecular formula is C12H19N3O. The topological polar surface area (TPSA) is 68.0 Å². The van der Waals surface area contributed by atoms with E-state index < -0.39 is 5.54 Å². The Morgan fingerprint density at radius 3 is 2.88 bits per heavy atom. The normalized spacial score (nSPS) is 14.2. The number of aromatic nitrogens is 1. The van der Waals surface area contributed by atoms with Gasteiger partial charge in [0.15, 0.2) is 0 Å². The Balaban J connectivity index is 2.34. The van der Waals surface area contributed by atoms with E-state index in [1.54, 1.807) is 13.1 Å². The zero-order valence-corrected chi connectivity index (χ0v) is 9.86. The van der Waals surface area contributed by atoms with Crippen molar-refractivity contribution >= 4 is 5.91 Å². The van der Waals surface area contributed by atoms with E-state index in [0.29, 0.717) is 13.0 Å². The zero-order valence-electron chi connectivity index (χ0n) is 9.86. The monoisotopic (exact) mass is 221 g/mol. The minimum Gasteiger partial charge on any atom is -0.354 e. The summed E-state index contributed by atoms with van der Waals surface area (Å²) in [5.41, 5.74) is 6.01. The molecule has 1 aromatic rings. The third-order valence-corrected chi connectivity index (χ3v) is 2.65. The van der Waals surface area contributed by atoms with Gasteiger partial charge in [0, 0.05) is 24.9 Å². The number of nitrogens with one attached hydrogen (secondary N) is 1. The lowest BCUT2D eigenvalue weighted by Gasteiger charge is -2.21. The number of hydrogen-bond acceptors (Lipinski definition) is 3. The van der Waals surface area contributed by atoms with Crippen molar-refractivity contribution in [3.05, 3.63) is 30.1 Å². The van der Waals surface area contributed by atoms with Crippen LogP contribution >= 0.6 is 0 Å². The summed E-state index contributed by atoms with van der Waals surface area (Å²) in [6.45, 7) is 4.21. The van der Waals surface area contributed by atoms with Crippen LogP contribution in [0, 0.1) is 0 Å². The van der Waals surface area contributed by atoms with E-state index >= 15 is 0 Å². The van der Waals surface area contributed by atoms with Gasteiger partial charge in [0.05, 0.1) is 5.54 Å². The third kappa shape index (κ3) is 3.62. The van der Waals surface area contributed by atoms with Gasteiger partial charge in [-0.3, -0.25) is 9.78 Å². The molecular weight excluding hydrogens is 202 g/mol. The van der Waals surface area contributed by atoms with Gasteiger partial charge >= 0.3 is 0 Å². The first kappa shape index (κ1) is 12.6. The van der Waals surface area contributed by atoms with Gasteiger partial charge in [-0.25, -0.2) is 0 Å². The Labute approximate surface area is 96.3 Å². The number of hydrogen-bond donors (Lipinski definition) is 2. The Bertz CT molecular complexity index is 335. The average Bonchev–Trinajstić information content (AvgIpc) is 2.30. The van der Waals surface area contributed by atoms with Crippen molar-refractivity contribution in [2.24, 2.45) is 5.73 Å². The van der Waals surface area contributed by atoms with Crippen molar-refractivity contribution in [2.75, 3.05) is 6.54 Å². The molecule has 1 heterocycles. The van der Waals surface area contributed by atoms with Gasteiger partial charge < -0.3 is 11.1 Å². The molecule has 0 aliphatic carbocycles. The summed E-state index contributed by atoms with van der Waals surface area (Å²) in [5.74, 6) is -0.106. The van der Waals surface area contributed by atoms with E-state index in [1.807, 2.05) is 25.1 Å². The van der Waals surface area contributed by atoms with Gasteiger partial charge in [0.1, 0.15) is 0 Å². The highest BCUT2D eigenvalue weighted by Crippen LogP contribution is 2.04. The predicted octanol–water partition coefficient (Wildman–Crippen LogP) is 0.868. The quantitative estimate of drug-likeness (QED) is 0.775. The molecule has 0 aromatic carbocycles. The lowest BCUT2D eigenvalue weighted by Crippen LogP contribution is -2.51. The van der Waals surface area contributed by atoms with Gasteiger partial charge in [-0.15, -0.1) is 0 Å². The third-order valence-electron chi connectivity index (χ3n) is 2.65. The second-order valence-electron chi connectivity index (χ2n) is 4.10. The average molecular weight is 221 g/mol. The molecule has 1 unspecified atom stereocenters. The summed E-state index contributed by atoms with van der Waals surface area (Å²) < 4.78 is 0. The van der Waals surface area contributed by atoms with Crippen LogP contribution in [0.2, 0.25) is 0 Å². The molecule has 0 aliphatic heterocycles. The number of nitrogens with zero attached hydrogens (tertiary/aromatic N) is 1. The molecule has 1 aromatic heterocycles. The molecule has 88 valence electrons. The van der Waals surface area contributed by atoms with E-state index in [4.69, 9.17) is 5.73 Å². The Hall–Kier alpha value is -1.42. The standard InChI is InChI=1S/C12H19N3O/c1-3-12(2,13)11(16)15-9-7-10-6-4-5-8-14-10/h4-6,8H,3,7,9,13H2,1-2H3,(H,15,16). The maximum Gasteiger partial charge on any atom is 0.239 e. The number of carbonyl (C=O) groups excluding carboxylic acids is 1. The maximum absolute atomic E-state index is 11.6. The Kier molecular flexibility index (Phi) is 4.43. The Morgan fingerprint density at radius 2 is 2.31 bits per heavy atom. The lowest BCUT2D eigenvalue weighted by atomic mass is 9.99. The van der Waals surface area contributed by atoms with Crippen LogP contribution < -0.4 is 11.1 Å². The first-order valence-electron chi connectivity index (χ1n) is 5.53. The molecule has 0 spiro atoms. The molecule has 4 nitrogen and oxygen atoms in total.